The van der Waals surface area contributed by atoms with Crippen LogP contribution in [0.1, 0.15) is 24.5 Å². The third-order valence-electron chi connectivity index (χ3n) is 3.28. The Morgan fingerprint density at radius 2 is 2.20 bits per heavy atom. The molecule has 1 N–H and O–H groups in total. The van der Waals surface area contributed by atoms with Gasteiger partial charge in [-0.3, -0.25) is 4.79 Å². The number of nitrogens with one attached hydrogen (secondary N) is 1. The number of benzene rings is 1. The van der Waals surface area contributed by atoms with Crippen LogP contribution in [0.15, 0.2) is 23.0 Å². The number of aromatic nitrogens is 2. The summed E-state index contributed by atoms with van der Waals surface area (Å²) in [6.07, 6.45) is 2.21. The molecule has 0 bridgehead atoms. The summed E-state index contributed by atoms with van der Waals surface area (Å²) in [4.78, 5) is 19.4. The van der Waals surface area contributed by atoms with E-state index in [1.165, 1.54) is 0 Å². The van der Waals surface area contributed by atoms with Crippen molar-refractivity contribution >= 4 is 34.2 Å². The van der Waals surface area contributed by atoms with Gasteiger partial charge >= 0.3 is 0 Å². The summed E-state index contributed by atoms with van der Waals surface area (Å²) in [6, 6.07) is 5.36. The molecule has 0 spiro atoms. The van der Waals surface area contributed by atoms with Gasteiger partial charge in [0.2, 0.25) is 0 Å². The molecular formula is C14H12ClIN2O2. The van der Waals surface area contributed by atoms with E-state index in [1.807, 2.05) is 6.07 Å². The van der Waals surface area contributed by atoms with E-state index >= 15 is 0 Å². The molecule has 1 aromatic carbocycles. The van der Waals surface area contributed by atoms with E-state index in [0.29, 0.717) is 26.1 Å². The molecule has 1 saturated carbocycles. The first kappa shape index (κ1) is 13.9. The zero-order valence-corrected chi connectivity index (χ0v) is 13.7. The maximum atomic E-state index is 12.0. The molecule has 20 heavy (non-hydrogen) atoms. The monoisotopic (exact) mass is 402 g/mol. The van der Waals surface area contributed by atoms with Gasteiger partial charge in [-0.25, -0.2) is 4.98 Å². The largest absolute Gasteiger partial charge is 0.495 e. The Balaban J connectivity index is 2.10. The van der Waals surface area contributed by atoms with Crippen molar-refractivity contribution in [3.05, 3.63) is 42.8 Å². The zero-order valence-electron chi connectivity index (χ0n) is 10.7. The topological polar surface area (TPSA) is 55.0 Å². The van der Waals surface area contributed by atoms with Crippen LogP contribution in [0, 0.1) is 3.57 Å². The molecule has 0 unspecified atom stereocenters. The zero-order chi connectivity index (χ0) is 14.3. The van der Waals surface area contributed by atoms with Crippen LogP contribution in [0.25, 0.3) is 11.4 Å². The standard InChI is InChI=1S/C14H12ClIN2O2/c1-20-10-5-4-8(6-9(10)15)13-17-12(7-2-3-7)11(16)14(19)18-13/h4-7H,2-3H2,1H3,(H,17,18,19). The molecule has 0 aliphatic heterocycles. The molecule has 104 valence electrons. The molecule has 3 rings (SSSR count). The first-order chi connectivity index (χ1) is 9.60. The van der Waals surface area contributed by atoms with Gasteiger partial charge in [0.15, 0.2) is 0 Å². The number of methoxy groups -OCH3 is 1. The van der Waals surface area contributed by atoms with E-state index in [9.17, 15) is 4.79 Å². The lowest BCUT2D eigenvalue weighted by Crippen LogP contribution is -2.16. The van der Waals surface area contributed by atoms with Crippen LogP contribution in [-0.4, -0.2) is 17.1 Å². The number of H-pyrrole nitrogens is 1. The Morgan fingerprint density at radius 3 is 2.80 bits per heavy atom. The predicted octanol–water partition coefficient (Wildman–Crippen LogP) is 3.58. The van der Waals surface area contributed by atoms with E-state index in [-0.39, 0.29) is 5.56 Å². The van der Waals surface area contributed by atoms with Gasteiger partial charge in [0, 0.05) is 11.5 Å². The molecule has 1 aliphatic carbocycles. The highest BCUT2D eigenvalue weighted by atomic mass is 127. The lowest BCUT2D eigenvalue weighted by atomic mass is 10.2. The van der Waals surface area contributed by atoms with Crippen molar-refractivity contribution in [1.82, 2.24) is 9.97 Å². The Labute approximate surface area is 134 Å². The van der Waals surface area contributed by atoms with Crippen LogP contribution in [0.5, 0.6) is 5.75 Å². The van der Waals surface area contributed by atoms with Gasteiger partial charge in [-0.1, -0.05) is 11.6 Å². The fourth-order valence-corrected chi connectivity index (χ4v) is 3.01. The molecule has 1 fully saturated rings. The predicted molar refractivity (Wildman–Crippen MR) is 86.5 cm³/mol. The van der Waals surface area contributed by atoms with Gasteiger partial charge in [-0.2, -0.15) is 0 Å². The molecule has 1 aromatic heterocycles. The maximum Gasteiger partial charge on any atom is 0.264 e. The highest BCUT2D eigenvalue weighted by Crippen LogP contribution is 2.40. The van der Waals surface area contributed by atoms with Crippen LogP contribution in [0.4, 0.5) is 0 Å². The molecule has 1 heterocycles. The summed E-state index contributed by atoms with van der Waals surface area (Å²) in [7, 11) is 1.57. The number of hydrogen-bond acceptors (Lipinski definition) is 3. The number of aromatic amines is 1. The van der Waals surface area contributed by atoms with Crippen molar-refractivity contribution in [2.45, 2.75) is 18.8 Å². The van der Waals surface area contributed by atoms with Crippen molar-refractivity contribution < 1.29 is 4.74 Å². The fraction of sp³-hybridized carbons (Fsp3) is 0.286. The third kappa shape index (κ3) is 2.56. The lowest BCUT2D eigenvalue weighted by molar-refractivity contribution is 0.415. The molecule has 0 saturated heterocycles. The quantitative estimate of drug-likeness (QED) is 0.799. The normalized spacial score (nSPS) is 14.3. The minimum atomic E-state index is -0.0931. The second-order valence-electron chi connectivity index (χ2n) is 4.74. The van der Waals surface area contributed by atoms with Crippen molar-refractivity contribution in [2.75, 3.05) is 7.11 Å². The van der Waals surface area contributed by atoms with E-state index < -0.39 is 0 Å². The van der Waals surface area contributed by atoms with E-state index in [1.54, 1.807) is 19.2 Å². The van der Waals surface area contributed by atoms with Crippen LogP contribution in [0.2, 0.25) is 5.02 Å². The van der Waals surface area contributed by atoms with Crippen molar-refractivity contribution in [3.63, 3.8) is 0 Å². The van der Waals surface area contributed by atoms with Crippen molar-refractivity contribution in [1.29, 1.82) is 0 Å². The van der Waals surface area contributed by atoms with Crippen LogP contribution < -0.4 is 10.3 Å². The Hall–Kier alpha value is -1.08. The number of rotatable bonds is 3. The van der Waals surface area contributed by atoms with Crippen molar-refractivity contribution in [2.24, 2.45) is 0 Å². The number of halogens is 2. The molecule has 0 amide bonds. The van der Waals surface area contributed by atoms with E-state index in [2.05, 4.69) is 32.6 Å². The van der Waals surface area contributed by atoms with E-state index in [0.717, 1.165) is 24.1 Å². The molecule has 1 aliphatic rings. The second kappa shape index (κ2) is 5.37. The van der Waals surface area contributed by atoms with Crippen LogP contribution in [0.3, 0.4) is 0 Å². The van der Waals surface area contributed by atoms with Gasteiger partial charge in [0.1, 0.15) is 11.6 Å². The first-order valence-corrected chi connectivity index (χ1v) is 7.69. The molecular weight excluding hydrogens is 391 g/mol. The fourth-order valence-electron chi connectivity index (χ4n) is 2.05. The van der Waals surface area contributed by atoms with Gasteiger partial charge in [0.05, 0.1) is 21.4 Å². The average molecular weight is 403 g/mol. The number of hydrogen-bond donors (Lipinski definition) is 1. The van der Waals surface area contributed by atoms with Gasteiger partial charge in [0.25, 0.3) is 5.56 Å². The number of nitrogens with zero attached hydrogens (tertiary/aromatic N) is 1. The molecule has 0 atom stereocenters. The van der Waals surface area contributed by atoms with E-state index in [4.69, 9.17) is 16.3 Å². The van der Waals surface area contributed by atoms with Crippen LogP contribution >= 0.6 is 34.2 Å². The molecule has 4 nitrogen and oxygen atoms in total. The van der Waals surface area contributed by atoms with Gasteiger partial charge < -0.3 is 9.72 Å². The highest BCUT2D eigenvalue weighted by Gasteiger charge is 2.29. The number of ether oxygens (including phenoxy) is 1. The third-order valence-corrected chi connectivity index (χ3v) is 4.62. The summed E-state index contributed by atoms with van der Waals surface area (Å²) in [5.41, 5.74) is 1.59. The summed E-state index contributed by atoms with van der Waals surface area (Å²) in [5.74, 6) is 1.59. The Morgan fingerprint density at radius 1 is 1.45 bits per heavy atom. The minimum Gasteiger partial charge on any atom is -0.495 e. The molecule has 0 radical (unpaired) electrons. The highest BCUT2D eigenvalue weighted by molar-refractivity contribution is 14.1. The average Bonchev–Trinajstić information content (AvgIpc) is 3.26. The summed E-state index contributed by atoms with van der Waals surface area (Å²) in [6.45, 7) is 0. The maximum absolute atomic E-state index is 12.0. The summed E-state index contributed by atoms with van der Waals surface area (Å²) in [5, 5.41) is 0.499. The summed E-state index contributed by atoms with van der Waals surface area (Å²) >= 11 is 8.18. The molecule has 6 heteroatoms. The minimum absolute atomic E-state index is 0.0931. The lowest BCUT2D eigenvalue weighted by Gasteiger charge is -2.08. The Bertz CT molecular complexity index is 726. The van der Waals surface area contributed by atoms with Gasteiger partial charge in [-0.05, 0) is 53.6 Å². The molecule has 2 aromatic rings. The first-order valence-electron chi connectivity index (χ1n) is 6.23. The summed E-state index contributed by atoms with van der Waals surface area (Å²) < 4.78 is 5.81. The van der Waals surface area contributed by atoms with Crippen molar-refractivity contribution in [3.8, 4) is 17.1 Å². The second-order valence-corrected chi connectivity index (χ2v) is 6.22. The van der Waals surface area contributed by atoms with Crippen LogP contribution in [-0.2, 0) is 0 Å². The SMILES string of the molecule is COc1ccc(-c2nc(C3CC3)c(I)c(=O)[nH]2)cc1Cl. The smallest absolute Gasteiger partial charge is 0.264 e. The van der Waals surface area contributed by atoms with Gasteiger partial charge in [-0.15, -0.1) is 0 Å². The Kier molecular flexibility index (Phi) is 3.72.